The van der Waals surface area contributed by atoms with Gasteiger partial charge in [0, 0.05) is 63.7 Å². The molecule has 4 heterocycles. The summed E-state index contributed by atoms with van der Waals surface area (Å²) in [5, 5.41) is 9.06. The van der Waals surface area contributed by atoms with E-state index in [9.17, 15) is 0 Å². The van der Waals surface area contributed by atoms with E-state index in [1.165, 1.54) is 73.2 Å². The molecule has 0 saturated carbocycles. The van der Waals surface area contributed by atoms with E-state index < -0.39 is 0 Å². The summed E-state index contributed by atoms with van der Waals surface area (Å²) in [6.45, 7) is 0. The summed E-state index contributed by atoms with van der Waals surface area (Å²) in [6, 6.07) is 37.8. The van der Waals surface area contributed by atoms with Crippen molar-refractivity contribution < 1.29 is 0 Å². The molecule has 4 aromatic heterocycles. The molecule has 0 spiro atoms. The lowest BCUT2D eigenvalue weighted by Crippen LogP contribution is -1.93. The predicted molar refractivity (Wildman–Crippen MR) is 162 cm³/mol. The number of benzene rings is 5. The molecule has 0 bridgehead atoms. The molecule has 0 aliphatic heterocycles. The van der Waals surface area contributed by atoms with Crippen LogP contribution in [0, 0.1) is 0 Å². The number of rotatable bonds is 1. The largest absolute Gasteiger partial charge is 0.308 e. The number of nitrogens with zero attached hydrogens (tertiary/aromatic N) is 2. The van der Waals surface area contributed by atoms with Crippen LogP contribution in [0.15, 0.2) is 109 Å². The number of hydrogen-bond donors (Lipinski definition) is 0. The fourth-order valence-electron chi connectivity index (χ4n) is 5.97. The summed E-state index contributed by atoms with van der Waals surface area (Å²) >= 11 is 3.75. The monoisotopic (exact) mass is 506 g/mol. The zero-order chi connectivity index (χ0) is 24.1. The maximum Gasteiger partial charge on any atom is 0.0719 e. The summed E-state index contributed by atoms with van der Waals surface area (Å²) < 4.78 is 7.75. The van der Waals surface area contributed by atoms with Crippen molar-refractivity contribution in [3.8, 4) is 5.69 Å². The van der Waals surface area contributed by atoms with E-state index in [1.807, 2.05) is 34.9 Å². The Morgan fingerprint density at radius 3 is 2.30 bits per heavy atom. The first-order valence-corrected chi connectivity index (χ1v) is 14.0. The molecular formula is C33H18N2S2. The lowest BCUT2D eigenvalue weighted by Gasteiger charge is -2.09. The first-order valence-electron chi connectivity index (χ1n) is 12.4. The van der Waals surface area contributed by atoms with Crippen molar-refractivity contribution in [2.24, 2.45) is 0 Å². The molecule has 0 radical (unpaired) electrons. The van der Waals surface area contributed by atoms with E-state index in [1.54, 1.807) is 0 Å². The van der Waals surface area contributed by atoms with Crippen LogP contribution in [0.25, 0.3) is 78.7 Å². The minimum Gasteiger partial charge on any atom is -0.308 e. The van der Waals surface area contributed by atoms with Gasteiger partial charge in [0.05, 0.1) is 21.3 Å². The zero-order valence-corrected chi connectivity index (χ0v) is 21.2. The Labute approximate surface area is 219 Å². The quantitative estimate of drug-likeness (QED) is 0.217. The van der Waals surface area contributed by atoms with Crippen molar-refractivity contribution >= 4 is 95.7 Å². The van der Waals surface area contributed by atoms with Crippen LogP contribution in [-0.4, -0.2) is 9.55 Å². The third-order valence-electron chi connectivity index (χ3n) is 7.62. The molecule has 0 atom stereocenters. The molecule has 0 aliphatic carbocycles. The molecule has 0 N–H and O–H groups in total. The van der Waals surface area contributed by atoms with Crippen LogP contribution < -0.4 is 0 Å². The van der Waals surface area contributed by atoms with Crippen LogP contribution in [0.5, 0.6) is 0 Å². The van der Waals surface area contributed by atoms with E-state index in [0.29, 0.717) is 0 Å². The van der Waals surface area contributed by atoms with Gasteiger partial charge in [-0.2, -0.15) is 0 Å². The van der Waals surface area contributed by atoms with Gasteiger partial charge >= 0.3 is 0 Å². The topological polar surface area (TPSA) is 17.8 Å². The van der Waals surface area contributed by atoms with E-state index >= 15 is 0 Å². The van der Waals surface area contributed by atoms with Gasteiger partial charge in [0.2, 0.25) is 0 Å². The molecule has 37 heavy (non-hydrogen) atoms. The molecule has 0 amide bonds. The lowest BCUT2D eigenvalue weighted by atomic mass is 10.1. The Hall–Kier alpha value is -4.25. The van der Waals surface area contributed by atoms with Crippen LogP contribution in [0.4, 0.5) is 0 Å². The molecule has 5 aromatic carbocycles. The smallest absolute Gasteiger partial charge is 0.0719 e. The third kappa shape index (κ3) is 2.66. The molecule has 9 rings (SSSR count). The summed E-state index contributed by atoms with van der Waals surface area (Å²) in [5.41, 5.74) is 4.79. The van der Waals surface area contributed by atoms with Crippen LogP contribution in [0.3, 0.4) is 0 Å². The maximum absolute atomic E-state index is 4.61. The first kappa shape index (κ1) is 19.9. The van der Waals surface area contributed by atoms with Crippen molar-refractivity contribution in [1.82, 2.24) is 9.55 Å². The summed E-state index contributed by atoms with van der Waals surface area (Å²) in [6.07, 6.45) is 1.88. The number of thiophene rings is 2. The van der Waals surface area contributed by atoms with Crippen LogP contribution in [-0.2, 0) is 0 Å². The number of pyridine rings is 1. The van der Waals surface area contributed by atoms with E-state index in [0.717, 1.165) is 5.52 Å². The maximum atomic E-state index is 4.61. The number of hydrogen-bond acceptors (Lipinski definition) is 3. The van der Waals surface area contributed by atoms with E-state index in [2.05, 4.69) is 107 Å². The Kier molecular flexibility index (Phi) is 3.85. The first-order chi connectivity index (χ1) is 18.3. The second kappa shape index (κ2) is 7.16. The van der Waals surface area contributed by atoms with E-state index in [-0.39, 0.29) is 0 Å². The fraction of sp³-hybridized carbons (Fsp3) is 0. The minimum atomic E-state index is 1.05. The van der Waals surface area contributed by atoms with Gasteiger partial charge in [-0.05, 0) is 42.5 Å². The average Bonchev–Trinajstić information content (AvgIpc) is 3.60. The number of aromatic nitrogens is 2. The molecule has 4 heteroatoms. The van der Waals surface area contributed by atoms with Gasteiger partial charge in [0.25, 0.3) is 0 Å². The SMILES string of the molecule is c1cnc2cc3sc4c(ccc5c6ccccc6n(-c6ccc7c(c6)sc6ccccc67)c54)c3cc2c1. The molecule has 0 aliphatic rings. The number of para-hydroxylation sites is 1. The molecule has 9 aromatic rings. The zero-order valence-electron chi connectivity index (χ0n) is 19.6. The van der Waals surface area contributed by atoms with E-state index in [4.69, 9.17) is 0 Å². The van der Waals surface area contributed by atoms with Crippen LogP contribution >= 0.6 is 22.7 Å². The number of fused-ring (bicyclic) bond motifs is 11. The molecular weight excluding hydrogens is 489 g/mol. The van der Waals surface area contributed by atoms with Crippen molar-refractivity contribution in [3.63, 3.8) is 0 Å². The van der Waals surface area contributed by atoms with Crippen molar-refractivity contribution in [3.05, 3.63) is 109 Å². The summed E-state index contributed by atoms with van der Waals surface area (Å²) in [7, 11) is 0. The van der Waals surface area contributed by atoms with Crippen molar-refractivity contribution in [2.75, 3.05) is 0 Å². The third-order valence-corrected chi connectivity index (χ3v) is 9.93. The van der Waals surface area contributed by atoms with Gasteiger partial charge in [-0.3, -0.25) is 4.98 Å². The van der Waals surface area contributed by atoms with Crippen LogP contribution in [0.1, 0.15) is 0 Å². The molecule has 0 fully saturated rings. The van der Waals surface area contributed by atoms with Crippen molar-refractivity contribution in [1.29, 1.82) is 0 Å². The Balaban J connectivity index is 1.44. The van der Waals surface area contributed by atoms with Crippen molar-refractivity contribution in [2.45, 2.75) is 0 Å². The Bertz CT molecular complexity index is 2370. The second-order valence-corrected chi connectivity index (χ2v) is 11.8. The lowest BCUT2D eigenvalue weighted by molar-refractivity contribution is 1.19. The molecule has 172 valence electrons. The normalized spacial score (nSPS) is 12.3. The highest BCUT2D eigenvalue weighted by molar-refractivity contribution is 7.27. The van der Waals surface area contributed by atoms with Gasteiger partial charge in [-0.25, -0.2) is 0 Å². The standard InChI is InChI=1S/C33H18N2S2/c1-3-9-28-21(7-1)24-13-14-25-26-16-19-6-5-15-34-27(19)18-31(26)37-33(25)32(24)35(28)20-11-12-23-22-8-2-4-10-29(22)36-30(23)17-20/h1-18H. The van der Waals surface area contributed by atoms with Gasteiger partial charge in [0.15, 0.2) is 0 Å². The predicted octanol–water partition coefficient (Wildman–Crippen LogP) is 10.1. The highest BCUT2D eigenvalue weighted by Gasteiger charge is 2.18. The molecule has 2 nitrogen and oxygen atoms in total. The summed E-state index contributed by atoms with van der Waals surface area (Å²) in [5.74, 6) is 0. The Morgan fingerprint density at radius 2 is 1.32 bits per heavy atom. The van der Waals surface area contributed by atoms with Crippen LogP contribution in [0.2, 0.25) is 0 Å². The minimum absolute atomic E-state index is 1.05. The van der Waals surface area contributed by atoms with Gasteiger partial charge < -0.3 is 4.57 Å². The Morgan fingerprint density at radius 1 is 0.541 bits per heavy atom. The molecule has 0 unspecified atom stereocenters. The molecule has 0 saturated heterocycles. The second-order valence-electron chi connectivity index (χ2n) is 9.62. The highest BCUT2D eigenvalue weighted by Crippen LogP contribution is 2.44. The van der Waals surface area contributed by atoms with Gasteiger partial charge in [0.1, 0.15) is 0 Å². The van der Waals surface area contributed by atoms with Gasteiger partial charge in [-0.15, -0.1) is 22.7 Å². The summed E-state index contributed by atoms with van der Waals surface area (Å²) in [4.78, 5) is 4.61. The highest BCUT2D eigenvalue weighted by atomic mass is 32.1. The fourth-order valence-corrected chi connectivity index (χ4v) is 8.36. The van der Waals surface area contributed by atoms with Gasteiger partial charge in [-0.1, -0.05) is 60.7 Å². The average molecular weight is 507 g/mol.